The van der Waals surface area contributed by atoms with Crippen molar-refractivity contribution in [3.8, 4) is 0 Å². The molecule has 2 aliphatic rings. The first-order valence-electron chi connectivity index (χ1n) is 7.51. The summed E-state index contributed by atoms with van der Waals surface area (Å²) in [6.07, 6.45) is 6.01. The lowest BCUT2D eigenvalue weighted by Crippen LogP contribution is -2.56. The Kier molecular flexibility index (Phi) is 4.39. The summed E-state index contributed by atoms with van der Waals surface area (Å²) in [5.41, 5.74) is 2.36. The summed E-state index contributed by atoms with van der Waals surface area (Å²) in [7, 11) is 2.17. The number of hydrogen-bond donors (Lipinski definition) is 2. The number of likely N-dealkylation sites (N-methyl/N-ethyl adjacent to an activating group) is 1. The van der Waals surface area contributed by atoms with E-state index < -0.39 is 0 Å². The van der Waals surface area contributed by atoms with Crippen molar-refractivity contribution in [2.24, 2.45) is 0 Å². The number of nitrogens with one attached hydrogen (secondary N) is 1. The smallest absolute Gasteiger partial charge is 0.104 e. The van der Waals surface area contributed by atoms with Crippen LogP contribution < -0.4 is 5.32 Å². The third kappa shape index (κ3) is 3.02. The van der Waals surface area contributed by atoms with E-state index in [-0.39, 0.29) is 12.8 Å². The lowest BCUT2D eigenvalue weighted by molar-refractivity contribution is 0.0518. The molecule has 0 saturated carbocycles. The minimum Gasteiger partial charge on any atom is -0.392 e. The van der Waals surface area contributed by atoms with Crippen LogP contribution in [0.3, 0.4) is 0 Å². The fourth-order valence-electron chi connectivity index (χ4n) is 3.18. The summed E-state index contributed by atoms with van der Waals surface area (Å²) in [4.78, 5) is 4.83. The van der Waals surface area contributed by atoms with Crippen LogP contribution in [0, 0.1) is 0 Å². The average molecular weight is 285 g/mol. The van der Waals surface area contributed by atoms with Gasteiger partial charge in [0.25, 0.3) is 0 Å². The van der Waals surface area contributed by atoms with Crippen LogP contribution in [0.5, 0.6) is 0 Å². The van der Waals surface area contributed by atoms with Crippen LogP contribution in [0.15, 0.2) is 54.3 Å². The van der Waals surface area contributed by atoms with Crippen LogP contribution in [-0.4, -0.2) is 54.4 Å². The molecule has 0 spiro atoms. The molecule has 0 aromatic heterocycles. The normalized spacial score (nSPS) is 27.2. The van der Waals surface area contributed by atoms with Crippen LogP contribution in [-0.2, 0) is 0 Å². The highest BCUT2D eigenvalue weighted by atomic mass is 16.3. The third-order valence-electron chi connectivity index (χ3n) is 4.34. The Morgan fingerprint density at radius 3 is 2.81 bits per heavy atom. The van der Waals surface area contributed by atoms with Gasteiger partial charge in [-0.3, -0.25) is 4.90 Å². The quantitative estimate of drug-likeness (QED) is 0.879. The van der Waals surface area contributed by atoms with Crippen molar-refractivity contribution in [1.29, 1.82) is 0 Å². The number of benzene rings is 1. The van der Waals surface area contributed by atoms with Crippen molar-refractivity contribution in [2.75, 3.05) is 33.3 Å². The second kappa shape index (κ2) is 6.43. The zero-order valence-corrected chi connectivity index (χ0v) is 12.4. The minimum atomic E-state index is 0.0823. The Hall–Kier alpha value is -1.62. The molecule has 112 valence electrons. The summed E-state index contributed by atoms with van der Waals surface area (Å²) in [6.45, 7) is 3.13. The summed E-state index contributed by atoms with van der Waals surface area (Å²) in [5, 5.41) is 13.0. The highest BCUT2D eigenvalue weighted by molar-refractivity contribution is 5.26. The lowest BCUT2D eigenvalue weighted by Gasteiger charge is -2.45. The largest absolute Gasteiger partial charge is 0.392 e. The highest BCUT2D eigenvalue weighted by Crippen LogP contribution is 2.28. The van der Waals surface area contributed by atoms with Gasteiger partial charge >= 0.3 is 0 Å². The van der Waals surface area contributed by atoms with E-state index in [1.807, 2.05) is 18.4 Å². The zero-order valence-electron chi connectivity index (χ0n) is 12.4. The van der Waals surface area contributed by atoms with Gasteiger partial charge in [-0.15, -0.1) is 0 Å². The Labute approximate surface area is 126 Å². The first kappa shape index (κ1) is 14.3. The fraction of sp³-hybridized carbons (Fsp3) is 0.412. The molecule has 0 bridgehead atoms. The number of hydrogen-bond acceptors (Lipinski definition) is 4. The third-order valence-corrected chi connectivity index (χ3v) is 4.34. The zero-order chi connectivity index (χ0) is 14.7. The van der Waals surface area contributed by atoms with Crippen molar-refractivity contribution in [1.82, 2.24) is 15.1 Å². The molecular formula is C17H23N3O. The molecule has 1 aromatic carbocycles. The van der Waals surface area contributed by atoms with Crippen molar-refractivity contribution in [2.45, 2.75) is 12.2 Å². The molecule has 2 atom stereocenters. The Bertz CT molecular complexity index is 526. The molecule has 1 aromatic rings. The molecule has 3 rings (SSSR count). The predicted octanol–water partition coefficient (Wildman–Crippen LogP) is 1.34. The average Bonchev–Trinajstić information content (AvgIpc) is 2.55. The summed E-state index contributed by atoms with van der Waals surface area (Å²) in [6, 6.07) is 11.0. The maximum absolute atomic E-state index is 9.62. The van der Waals surface area contributed by atoms with Gasteiger partial charge in [0.15, 0.2) is 0 Å². The number of piperazine rings is 1. The van der Waals surface area contributed by atoms with Gasteiger partial charge in [-0.2, -0.15) is 0 Å². The molecule has 2 aliphatic heterocycles. The van der Waals surface area contributed by atoms with Crippen LogP contribution in [0.2, 0.25) is 0 Å². The predicted molar refractivity (Wildman–Crippen MR) is 84.6 cm³/mol. The SMILES string of the molecule is CN1CCN(C2NC=CC=C2CO)[C@H](c2ccccc2)C1. The van der Waals surface area contributed by atoms with Crippen molar-refractivity contribution < 1.29 is 5.11 Å². The van der Waals surface area contributed by atoms with Crippen LogP contribution in [0.4, 0.5) is 0 Å². The molecule has 2 heterocycles. The van der Waals surface area contributed by atoms with Crippen molar-refractivity contribution in [3.63, 3.8) is 0 Å². The highest BCUT2D eigenvalue weighted by Gasteiger charge is 2.33. The van der Waals surface area contributed by atoms with E-state index in [1.165, 1.54) is 5.56 Å². The summed E-state index contributed by atoms with van der Waals surface area (Å²) in [5.74, 6) is 0. The fourth-order valence-corrected chi connectivity index (χ4v) is 3.18. The van der Waals surface area contributed by atoms with Gasteiger partial charge in [-0.1, -0.05) is 36.4 Å². The molecule has 2 N–H and O–H groups in total. The summed E-state index contributed by atoms with van der Waals surface area (Å²) >= 11 is 0. The van der Waals surface area contributed by atoms with Gasteiger partial charge in [-0.25, -0.2) is 0 Å². The minimum absolute atomic E-state index is 0.0823. The van der Waals surface area contributed by atoms with E-state index >= 15 is 0 Å². The molecule has 0 radical (unpaired) electrons. The van der Waals surface area contributed by atoms with Gasteiger partial charge in [0.1, 0.15) is 6.17 Å². The topological polar surface area (TPSA) is 38.7 Å². The Morgan fingerprint density at radius 2 is 2.05 bits per heavy atom. The van der Waals surface area contributed by atoms with E-state index in [2.05, 4.69) is 52.5 Å². The number of allylic oxidation sites excluding steroid dienone is 2. The first-order valence-corrected chi connectivity index (χ1v) is 7.51. The van der Waals surface area contributed by atoms with Gasteiger partial charge in [0.2, 0.25) is 0 Å². The number of dihydropyridines is 1. The molecule has 4 nitrogen and oxygen atoms in total. The van der Waals surface area contributed by atoms with E-state index in [4.69, 9.17) is 0 Å². The molecule has 0 amide bonds. The van der Waals surface area contributed by atoms with Crippen molar-refractivity contribution in [3.05, 3.63) is 59.8 Å². The number of aliphatic hydroxyl groups excluding tert-OH is 1. The molecule has 4 heteroatoms. The monoisotopic (exact) mass is 285 g/mol. The lowest BCUT2D eigenvalue weighted by atomic mass is 9.99. The first-order chi connectivity index (χ1) is 10.3. The maximum atomic E-state index is 9.62. The molecule has 1 unspecified atom stereocenters. The standard InChI is InChI=1S/C17H23N3O/c1-19-10-11-20(17-15(13-21)8-5-9-18-17)16(12-19)14-6-3-2-4-7-14/h2-9,16-18,21H,10-13H2,1H3/t16-,17?/m0/s1. The van der Waals surface area contributed by atoms with Crippen molar-refractivity contribution >= 4 is 0 Å². The molecule has 0 aliphatic carbocycles. The number of nitrogens with zero attached hydrogens (tertiary/aromatic N) is 2. The maximum Gasteiger partial charge on any atom is 0.104 e. The second-order valence-electron chi connectivity index (χ2n) is 5.75. The number of rotatable bonds is 3. The van der Waals surface area contributed by atoms with Crippen LogP contribution in [0.1, 0.15) is 11.6 Å². The number of aliphatic hydroxyl groups is 1. The van der Waals surface area contributed by atoms with E-state index in [0.717, 1.165) is 25.2 Å². The van der Waals surface area contributed by atoms with Crippen LogP contribution in [0.25, 0.3) is 0 Å². The van der Waals surface area contributed by atoms with E-state index in [0.29, 0.717) is 6.04 Å². The van der Waals surface area contributed by atoms with Gasteiger partial charge < -0.3 is 15.3 Å². The summed E-state index contributed by atoms with van der Waals surface area (Å²) < 4.78 is 0. The van der Waals surface area contributed by atoms with Gasteiger partial charge in [0.05, 0.1) is 6.61 Å². The van der Waals surface area contributed by atoms with E-state index in [1.54, 1.807) is 0 Å². The molecule has 1 saturated heterocycles. The van der Waals surface area contributed by atoms with Gasteiger partial charge in [-0.05, 0) is 30.5 Å². The second-order valence-corrected chi connectivity index (χ2v) is 5.75. The van der Waals surface area contributed by atoms with E-state index in [9.17, 15) is 5.11 Å². The van der Waals surface area contributed by atoms with Gasteiger partial charge in [0, 0.05) is 25.7 Å². The molecule has 1 fully saturated rings. The Balaban J connectivity index is 1.88. The Morgan fingerprint density at radius 1 is 1.24 bits per heavy atom. The molecular weight excluding hydrogens is 262 g/mol. The molecule has 21 heavy (non-hydrogen) atoms. The van der Waals surface area contributed by atoms with Crippen LogP contribution >= 0.6 is 0 Å².